The Morgan fingerprint density at radius 3 is 2.76 bits per heavy atom. The van der Waals surface area contributed by atoms with E-state index in [4.69, 9.17) is 4.74 Å². The SMILES string of the molecule is CCC(C)N1CC(CCCC(F)(F)F)NSc2cc(OC)c(Br)cc21. The third-order valence-electron chi connectivity index (χ3n) is 4.43. The Labute approximate surface area is 159 Å². The van der Waals surface area contributed by atoms with Crippen molar-refractivity contribution in [2.24, 2.45) is 0 Å². The monoisotopic (exact) mass is 440 g/mol. The first-order chi connectivity index (χ1) is 11.7. The molecule has 1 N–H and O–H groups in total. The minimum atomic E-state index is -4.09. The molecule has 2 rings (SSSR count). The molecule has 1 aliphatic rings. The molecule has 0 aromatic heterocycles. The minimum absolute atomic E-state index is 0.00137. The van der Waals surface area contributed by atoms with Gasteiger partial charge in [0.2, 0.25) is 0 Å². The fourth-order valence-corrected chi connectivity index (χ4v) is 4.27. The molecule has 0 saturated heterocycles. The zero-order valence-corrected chi connectivity index (χ0v) is 17.0. The highest BCUT2D eigenvalue weighted by Crippen LogP contribution is 2.41. The van der Waals surface area contributed by atoms with E-state index in [1.807, 2.05) is 12.1 Å². The van der Waals surface area contributed by atoms with Crippen LogP contribution in [0.1, 0.15) is 39.5 Å². The second kappa shape index (κ2) is 8.86. The van der Waals surface area contributed by atoms with Gasteiger partial charge in [-0.15, -0.1) is 0 Å². The lowest BCUT2D eigenvalue weighted by molar-refractivity contribution is -0.135. The molecule has 3 nitrogen and oxygen atoms in total. The predicted octanol–water partition coefficient (Wildman–Crippen LogP) is 5.77. The van der Waals surface area contributed by atoms with E-state index >= 15 is 0 Å². The van der Waals surface area contributed by atoms with Crippen molar-refractivity contribution < 1.29 is 17.9 Å². The highest BCUT2D eigenvalue weighted by molar-refractivity contribution is 9.10. The normalized spacial score (nSPS) is 19.3. The van der Waals surface area contributed by atoms with Crippen LogP contribution in [0.15, 0.2) is 21.5 Å². The van der Waals surface area contributed by atoms with Crippen LogP contribution < -0.4 is 14.4 Å². The van der Waals surface area contributed by atoms with Crippen LogP contribution in [0.2, 0.25) is 0 Å². The summed E-state index contributed by atoms with van der Waals surface area (Å²) in [6, 6.07) is 4.29. The lowest BCUT2D eigenvalue weighted by Crippen LogP contribution is -2.41. The van der Waals surface area contributed by atoms with E-state index in [9.17, 15) is 13.2 Å². The summed E-state index contributed by atoms with van der Waals surface area (Å²) in [6.45, 7) is 4.95. The standard InChI is InChI=1S/C17H24BrF3N2OS/c1-4-11(2)23-10-12(6-5-7-17(19,20)21)22-25-16-9-15(24-3)13(18)8-14(16)23/h8-9,11-12,22H,4-7,10H2,1-3H3. The first-order valence-electron chi connectivity index (χ1n) is 8.38. The summed E-state index contributed by atoms with van der Waals surface area (Å²) in [4.78, 5) is 3.31. The lowest BCUT2D eigenvalue weighted by Gasteiger charge is -2.33. The lowest BCUT2D eigenvalue weighted by atomic mass is 10.1. The molecule has 0 radical (unpaired) electrons. The Morgan fingerprint density at radius 2 is 2.16 bits per heavy atom. The number of anilines is 1. The Bertz CT molecular complexity index is 586. The van der Waals surface area contributed by atoms with Crippen molar-refractivity contribution in [1.29, 1.82) is 0 Å². The molecule has 0 saturated carbocycles. The first-order valence-corrected chi connectivity index (χ1v) is 9.99. The summed E-state index contributed by atoms with van der Waals surface area (Å²) >= 11 is 5.00. The highest BCUT2D eigenvalue weighted by atomic mass is 79.9. The van der Waals surface area contributed by atoms with E-state index in [1.54, 1.807) is 7.11 Å². The first kappa shape index (κ1) is 20.7. The molecule has 25 heavy (non-hydrogen) atoms. The molecule has 1 heterocycles. The quantitative estimate of drug-likeness (QED) is 0.567. The number of alkyl halides is 3. The molecule has 1 aromatic rings. The summed E-state index contributed by atoms with van der Waals surface area (Å²) in [5.41, 5.74) is 1.08. The van der Waals surface area contributed by atoms with E-state index in [1.165, 1.54) is 11.9 Å². The topological polar surface area (TPSA) is 24.5 Å². The van der Waals surface area contributed by atoms with Gasteiger partial charge in [0.1, 0.15) is 5.75 Å². The maximum Gasteiger partial charge on any atom is 0.389 e. The van der Waals surface area contributed by atoms with Crippen molar-refractivity contribution >= 4 is 33.6 Å². The van der Waals surface area contributed by atoms with Crippen LogP contribution in [-0.2, 0) is 0 Å². The van der Waals surface area contributed by atoms with E-state index < -0.39 is 12.6 Å². The third kappa shape index (κ3) is 5.69. The van der Waals surface area contributed by atoms with Gasteiger partial charge >= 0.3 is 6.18 Å². The maximum absolute atomic E-state index is 12.4. The highest BCUT2D eigenvalue weighted by Gasteiger charge is 2.29. The Kier molecular flexibility index (Phi) is 7.34. The summed E-state index contributed by atoms with van der Waals surface area (Å²) in [5, 5.41) is 0. The molecule has 2 atom stereocenters. The van der Waals surface area contributed by atoms with Crippen LogP contribution in [0, 0.1) is 0 Å². The number of halogens is 4. The summed E-state index contributed by atoms with van der Waals surface area (Å²) in [5.74, 6) is 0.743. The van der Waals surface area contributed by atoms with Crippen LogP contribution in [0.3, 0.4) is 0 Å². The van der Waals surface area contributed by atoms with Gasteiger partial charge in [0, 0.05) is 29.9 Å². The Morgan fingerprint density at radius 1 is 1.44 bits per heavy atom. The van der Waals surface area contributed by atoms with Crippen LogP contribution in [-0.4, -0.2) is 31.9 Å². The number of nitrogens with zero attached hydrogens (tertiary/aromatic N) is 1. The summed E-state index contributed by atoms with van der Waals surface area (Å²) in [6.07, 6.45) is -3.23. The van der Waals surface area contributed by atoms with Crippen molar-refractivity contribution in [2.75, 3.05) is 18.6 Å². The maximum atomic E-state index is 12.4. The number of hydrogen-bond donors (Lipinski definition) is 1. The van der Waals surface area contributed by atoms with E-state index in [0.29, 0.717) is 19.0 Å². The number of fused-ring (bicyclic) bond motifs is 1. The molecule has 0 amide bonds. The number of benzene rings is 1. The van der Waals surface area contributed by atoms with Gasteiger partial charge in [0.25, 0.3) is 0 Å². The van der Waals surface area contributed by atoms with Crippen LogP contribution in [0.5, 0.6) is 5.75 Å². The molecule has 8 heteroatoms. The van der Waals surface area contributed by atoms with Crippen molar-refractivity contribution in [3.05, 3.63) is 16.6 Å². The van der Waals surface area contributed by atoms with Gasteiger partial charge in [-0.05, 0) is 66.2 Å². The van der Waals surface area contributed by atoms with Gasteiger partial charge < -0.3 is 9.64 Å². The minimum Gasteiger partial charge on any atom is -0.496 e. The molecule has 0 bridgehead atoms. The zero-order valence-electron chi connectivity index (χ0n) is 14.6. The number of nitrogens with one attached hydrogen (secondary N) is 1. The Hall–Kier alpha value is -0.600. The van der Waals surface area contributed by atoms with Crippen molar-refractivity contribution in [2.45, 2.75) is 62.7 Å². The van der Waals surface area contributed by atoms with Crippen molar-refractivity contribution in [3.8, 4) is 5.75 Å². The van der Waals surface area contributed by atoms with E-state index in [0.717, 1.165) is 27.2 Å². The largest absolute Gasteiger partial charge is 0.496 e. The van der Waals surface area contributed by atoms with E-state index in [-0.39, 0.29) is 12.5 Å². The molecule has 2 unspecified atom stereocenters. The number of methoxy groups -OCH3 is 1. The zero-order chi connectivity index (χ0) is 18.6. The van der Waals surface area contributed by atoms with Crippen LogP contribution in [0.25, 0.3) is 0 Å². The molecule has 142 valence electrons. The van der Waals surface area contributed by atoms with Gasteiger partial charge in [-0.2, -0.15) is 13.2 Å². The summed E-state index contributed by atoms with van der Waals surface area (Å²) < 4.78 is 46.9. The van der Waals surface area contributed by atoms with Crippen LogP contribution in [0.4, 0.5) is 18.9 Å². The van der Waals surface area contributed by atoms with Crippen LogP contribution >= 0.6 is 27.9 Å². The molecular formula is C17H24BrF3N2OS. The second-order valence-corrected chi connectivity index (χ2v) is 8.02. The average Bonchev–Trinajstić information content (AvgIpc) is 2.72. The molecule has 0 spiro atoms. The fraction of sp³-hybridized carbons (Fsp3) is 0.647. The number of hydrogen-bond acceptors (Lipinski definition) is 4. The number of ether oxygens (including phenoxy) is 1. The molecule has 1 aromatic carbocycles. The van der Waals surface area contributed by atoms with Crippen molar-refractivity contribution in [3.63, 3.8) is 0 Å². The molecule has 1 aliphatic heterocycles. The second-order valence-electron chi connectivity index (χ2n) is 6.29. The Balaban J connectivity index is 2.20. The predicted molar refractivity (Wildman–Crippen MR) is 100 cm³/mol. The average molecular weight is 441 g/mol. The van der Waals surface area contributed by atoms with Gasteiger partial charge in [0.05, 0.1) is 17.3 Å². The van der Waals surface area contributed by atoms with E-state index in [2.05, 4.69) is 39.4 Å². The van der Waals surface area contributed by atoms with Crippen molar-refractivity contribution in [1.82, 2.24) is 4.72 Å². The van der Waals surface area contributed by atoms with Gasteiger partial charge in [-0.1, -0.05) is 6.92 Å². The summed E-state index contributed by atoms with van der Waals surface area (Å²) in [7, 11) is 1.62. The van der Waals surface area contributed by atoms with Gasteiger partial charge in [-0.3, -0.25) is 4.72 Å². The molecular weight excluding hydrogens is 417 g/mol. The number of rotatable bonds is 6. The smallest absolute Gasteiger partial charge is 0.389 e. The fourth-order valence-electron chi connectivity index (χ4n) is 2.84. The third-order valence-corrected chi connectivity index (χ3v) is 6.05. The molecule has 0 aliphatic carbocycles. The molecule has 0 fully saturated rings. The van der Waals surface area contributed by atoms with Gasteiger partial charge in [0.15, 0.2) is 0 Å². The van der Waals surface area contributed by atoms with Gasteiger partial charge in [-0.25, -0.2) is 0 Å².